The molecule has 1 atom stereocenters. The summed E-state index contributed by atoms with van der Waals surface area (Å²) in [6, 6.07) is 0. The normalized spacial score (nSPS) is 12.6. The lowest BCUT2D eigenvalue weighted by Gasteiger charge is -2.06. The number of hydrogen-bond donors (Lipinski definition) is 2. The molecular weight excluding hydrogens is 240 g/mol. The van der Waals surface area contributed by atoms with Crippen LogP contribution in [0.3, 0.4) is 0 Å². The number of ketones is 2. The van der Waals surface area contributed by atoms with Crippen molar-refractivity contribution in [2.24, 2.45) is 0 Å². The Morgan fingerprint density at radius 1 is 1.22 bits per heavy atom. The third kappa shape index (κ3) is 11.0. The summed E-state index contributed by atoms with van der Waals surface area (Å²) < 4.78 is 4.89. The number of aliphatic carboxylic acids is 1. The minimum Gasteiger partial charge on any atom is -0.481 e. The second-order valence-corrected chi connectivity index (χ2v) is 3.78. The van der Waals surface area contributed by atoms with Gasteiger partial charge in [-0.25, -0.2) is 0 Å². The van der Waals surface area contributed by atoms with Gasteiger partial charge in [-0.1, -0.05) is 6.08 Å². The summed E-state index contributed by atoms with van der Waals surface area (Å²) in [4.78, 5) is 31.9. The van der Waals surface area contributed by atoms with Gasteiger partial charge in [-0.3, -0.25) is 14.4 Å². The lowest BCUT2D eigenvalue weighted by molar-refractivity contribution is -0.139. The van der Waals surface area contributed by atoms with Crippen molar-refractivity contribution in [1.29, 1.82) is 0 Å². The van der Waals surface area contributed by atoms with Crippen molar-refractivity contribution in [2.45, 2.75) is 38.9 Å². The fraction of sp³-hybridized carbons (Fsp3) is 0.583. The molecule has 6 heteroatoms. The van der Waals surface area contributed by atoms with Gasteiger partial charge in [0.25, 0.3) is 0 Å². The van der Waals surface area contributed by atoms with Gasteiger partial charge in [0.1, 0.15) is 11.6 Å². The zero-order valence-electron chi connectivity index (χ0n) is 10.3. The van der Waals surface area contributed by atoms with Crippen LogP contribution < -0.4 is 0 Å². The Balaban J connectivity index is 3.64. The first-order valence-corrected chi connectivity index (χ1v) is 5.61. The van der Waals surface area contributed by atoms with E-state index in [0.717, 1.165) is 0 Å². The van der Waals surface area contributed by atoms with E-state index in [9.17, 15) is 19.5 Å². The topological polar surface area (TPSA) is 101 Å². The number of carbonyl (C=O) groups is 3. The number of carboxylic acid groups (broad SMARTS) is 1. The highest BCUT2D eigenvalue weighted by Gasteiger charge is 2.06. The summed E-state index contributed by atoms with van der Waals surface area (Å²) in [5.74, 6) is -1.27. The van der Waals surface area contributed by atoms with Gasteiger partial charge in [0, 0.05) is 19.3 Å². The first-order chi connectivity index (χ1) is 8.41. The zero-order chi connectivity index (χ0) is 14.0. The molecule has 0 aromatic heterocycles. The van der Waals surface area contributed by atoms with Crippen molar-refractivity contribution in [3.05, 3.63) is 12.2 Å². The minimum atomic E-state index is -1.16. The number of rotatable bonds is 10. The smallest absolute Gasteiger partial charge is 0.303 e. The maximum Gasteiger partial charge on any atom is 0.303 e. The summed E-state index contributed by atoms with van der Waals surface area (Å²) in [5, 5.41) is 17.6. The van der Waals surface area contributed by atoms with Crippen LogP contribution >= 0.6 is 0 Å². The third-order valence-electron chi connectivity index (χ3n) is 1.99. The van der Waals surface area contributed by atoms with Gasteiger partial charge in [-0.05, 0) is 13.0 Å². The highest BCUT2D eigenvalue weighted by atomic mass is 16.6. The van der Waals surface area contributed by atoms with Crippen LogP contribution in [0.4, 0.5) is 0 Å². The Bertz CT molecular complexity index is 321. The number of hydrogen-bond acceptors (Lipinski definition) is 5. The molecule has 0 aliphatic heterocycles. The molecule has 102 valence electrons. The minimum absolute atomic E-state index is 0.0179. The van der Waals surface area contributed by atoms with Gasteiger partial charge < -0.3 is 14.9 Å². The van der Waals surface area contributed by atoms with Crippen LogP contribution in [-0.2, 0) is 19.1 Å². The largest absolute Gasteiger partial charge is 0.481 e. The van der Waals surface area contributed by atoms with Gasteiger partial charge in [0.15, 0.2) is 6.29 Å². The molecule has 0 aromatic rings. The first-order valence-electron chi connectivity index (χ1n) is 5.61. The quantitative estimate of drug-likeness (QED) is 0.441. The van der Waals surface area contributed by atoms with Gasteiger partial charge in [0.2, 0.25) is 0 Å². The van der Waals surface area contributed by atoms with E-state index in [1.807, 2.05) is 0 Å². The standard InChI is InChI=1S/C12H18O6/c1-9(13)3-2-4-12(17)18-8-7-10(14)5-6-11(15)16/h2,4,12,17H,3,5-8H2,1H3,(H,15,16)/b4-2+. The second-order valence-electron chi connectivity index (χ2n) is 3.78. The average molecular weight is 258 g/mol. The van der Waals surface area contributed by atoms with Crippen molar-refractivity contribution >= 4 is 17.5 Å². The SMILES string of the molecule is CC(=O)C/C=C/C(O)OCCC(=O)CCC(=O)O. The number of aliphatic hydroxyl groups excluding tert-OH is 1. The molecule has 0 aliphatic carbocycles. The van der Waals surface area contributed by atoms with Crippen molar-refractivity contribution in [1.82, 2.24) is 0 Å². The van der Waals surface area contributed by atoms with E-state index in [-0.39, 0.29) is 43.9 Å². The lowest BCUT2D eigenvalue weighted by Crippen LogP contribution is -2.13. The van der Waals surface area contributed by atoms with Crippen molar-refractivity contribution < 1.29 is 29.3 Å². The predicted molar refractivity (Wildman–Crippen MR) is 62.9 cm³/mol. The number of Topliss-reactive ketones (excluding diaryl/α,β-unsaturated/α-hetero) is 2. The highest BCUT2D eigenvalue weighted by Crippen LogP contribution is 1.99. The van der Waals surface area contributed by atoms with E-state index < -0.39 is 12.3 Å². The Morgan fingerprint density at radius 2 is 1.89 bits per heavy atom. The number of carbonyl (C=O) groups excluding carboxylic acids is 2. The summed E-state index contributed by atoms with van der Waals surface area (Å²) in [6.45, 7) is 1.45. The molecule has 18 heavy (non-hydrogen) atoms. The zero-order valence-corrected chi connectivity index (χ0v) is 10.3. The van der Waals surface area contributed by atoms with Gasteiger partial charge >= 0.3 is 5.97 Å². The van der Waals surface area contributed by atoms with Crippen LogP contribution in [0, 0.1) is 0 Å². The molecule has 0 rings (SSSR count). The molecule has 0 radical (unpaired) electrons. The molecule has 0 spiro atoms. The number of aliphatic hydroxyl groups is 1. The summed E-state index contributed by atoms with van der Waals surface area (Å²) in [7, 11) is 0. The van der Waals surface area contributed by atoms with E-state index in [0.29, 0.717) is 0 Å². The molecule has 0 saturated carbocycles. The summed E-state index contributed by atoms with van der Waals surface area (Å²) >= 11 is 0. The first kappa shape index (κ1) is 16.5. The van der Waals surface area contributed by atoms with Crippen LogP contribution in [0.1, 0.15) is 32.6 Å². The molecule has 0 saturated heterocycles. The van der Waals surface area contributed by atoms with Crippen molar-refractivity contribution in [2.75, 3.05) is 6.61 Å². The molecule has 0 amide bonds. The van der Waals surface area contributed by atoms with Crippen LogP contribution in [0.25, 0.3) is 0 Å². The Labute approximate surface area is 105 Å². The Hall–Kier alpha value is -1.53. The van der Waals surface area contributed by atoms with Crippen molar-refractivity contribution in [3.8, 4) is 0 Å². The molecule has 0 heterocycles. The summed E-state index contributed by atoms with van der Waals surface area (Å²) in [5.41, 5.74) is 0. The highest BCUT2D eigenvalue weighted by molar-refractivity contribution is 5.82. The molecular formula is C12H18O6. The molecule has 2 N–H and O–H groups in total. The lowest BCUT2D eigenvalue weighted by atomic mass is 10.2. The molecule has 0 fully saturated rings. The Morgan fingerprint density at radius 3 is 2.44 bits per heavy atom. The number of allylic oxidation sites excluding steroid dienone is 1. The van der Waals surface area contributed by atoms with Crippen LogP contribution in [0.15, 0.2) is 12.2 Å². The van der Waals surface area contributed by atoms with Crippen LogP contribution in [0.5, 0.6) is 0 Å². The second kappa shape index (κ2) is 9.49. The van der Waals surface area contributed by atoms with E-state index in [1.165, 1.54) is 19.1 Å². The van der Waals surface area contributed by atoms with E-state index >= 15 is 0 Å². The fourth-order valence-electron chi connectivity index (χ4n) is 1.07. The van der Waals surface area contributed by atoms with E-state index in [2.05, 4.69) is 0 Å². The van der Waals surface area contributed by atoms with E-state index in [4.69, 9.17) is 9.84 Å². The number of carboxylic acids is 1. The van der Waals surface area contributed by atoms with Crippen LogP contribution in [0.2, 0.25) is 0 Å². The van der Waals surface area contributed by atoms with E-state index in [1.54, 1.807) is 0 Å². The van der Waals surface area contributed by atoms with Crippen LogP contribution in [-0.4, -0.2) is 40.6 Å². The maximum atomic E-state index is 11.1. The molecule has 6 nitrogen and oxygen atoms in total. The average Bonchev–Trinajstić information content (AvgIpc) is 2.25. The summed E-state index contributed by atoms with van der Waals surface area (Å²) in [6.07, 6.45) is 1.71. The number of ether oxygens (including phenoxy) is 1. The maximum absolute atomic E-state index is 11.1. The van der Waals surface area contributed by atoms with Crippen molar-refractivity contribution in [3.63, 3.8) is 0 Å². The van der Waals surface area contributed by atoms with Gasteiger partial charge in [-0.2, -0.15) is 0 Å². The third-order valence-corrected chi connectivity index (χ3v) is 1.99. The fourth-order valence-corrected chi connectivity index (χ4v) is 1.07. The molecule has 0 bridgehead atoms. The van der Waals surface area contributed by atoms with Gasteiger partial charge in [0.05, 0.1) is 13.0 Å². The molecule has 0 aromatic carbocycles. The Kier molecular flexibility index (Phi) is 8.69. The van der Waals surface area contributed by atoms with Gasteiger partial charge in [-0.15, -0.1) is 0 Å². The molecule has 0 aliphatic rings. The molecule has 1 unspecified atom stereocenters. The predicted octanol–water partition coefficient (Wildman–Crippen LogP) is 0.681. The monoisotopic (exact) mass is 258 g/mol.